The summed E-state index contributed by atoms with van der Waals surface area (Å²) in [6.07, 6.45) is 10.5. The monoisotopic (exact) mass is 500 g/mol. The first kappa shape index (κ1) is 25.1. The van der Waals surface area contributed by atoms with Gasteiger partial charge in [-0.15, -0.1) is 0 Å². The average molecular weight is 501 g/mol. The molecule has 37 heavy (non-hydrogen) atoms. The number of benzene rings is 1. The van der Waals surface area contributed by atoms with Crippen molar-refractivity contribution in [3.63, 3.8) is 0 Å². The topological polar surface area (TPSA) is 86.6 Å². The molecular weight excluding hydrogens is 467 g/mol. The van der Waals surface area contributed by atoms with Crippen LogP contribution < -0.4 is 0 Å². The molecule has 1 aliphatic carbocycles. The number of hydrogen-bond donors (Lipinski definition) is 0. The molecule has 5 rings (SSSR count). The number of carbonyl (C=O) groups excluding carboxylic acids is 1. The van der Waals surface area contributed by atoms with Crippen molar-refractivity contribution in [2.75, 3.05) is 6.54 Å². The second-order valence-electron chi connectivity index (χ2n) is 10.4. The minimum absolute atomic E-state index is 0.0501. The van der Waals surface area contributed by atoms with Crippen LogP contribution in [0.15, 0.2) is 35.3 Å². The van der Waals surface area contributed by atoms with E-state index >= 15 is 4.39 Å². The lowest BCUT2D eigenvalue weighted by Crippen LogP contribution is -2.38. The lowest BCUT2D eigenvalue weighted by atomic mass is 10.0. The van der Waals surface area contributed by atoms with E-state index in [1.165, 1.54) is 18.9 Å². The van der Waals surface area contributed by atoms with Crippen LogP contribution in [0.2, 0.25) is 0 Å². The van der Waals surface area contributed by atoms with Gasteiger partial charge in [0.1, 0.15) is 11.5 Å². The fourth-order valence-corrected chi connectivity index (χ4v) is 5.25. The first-order chi connectivity index (χ1) is 18.0. The lowest BCUT2D eigenvalue weighted by molar-refractivity contribution is 0.0692. The van der Waals surface area contributed by atoms with Gasteiger partial charge < -0.3 is 4.90 Å². The first-order valence-electron chi connectivity index (χ1n) is 13.4. The summed E-state index contributed by atoms with van der Waals surface area (Å²) in [5.41, 5.74) is 4.26. The van der Waals surface area contributed by atoms with Crippen LogP contribution in [-0.2, 0) is 12.8 Å². The third-order valence-electron chi connectivity index (χ3n) is 7.54. The van der Waals surface area contributed by atoms with Gasteiger partial charge in [0.2, 0.25) is 6.19 Å². The number of aryl methyl sites for hydroxylation is 1. The number of nitrogens with zero attached hydrogens (tertiary/aromatic N) is 6. The molecule has 1 atom stereocenters. The molecule has 192 valence electrons. The van der Waals surface area contributed by atoms with Crippen molar-refractivity contribution in [1.29, 1.82) is 5.26 Å². The molecule has 3 heterocycles. The number of fused-ring (bicyclic) bond motifs is 1. The Morgan fingerprint density at radius 1 is 1.19 bits per heavy atom. The molecule has 1 unspecified atom stereocenters. The van der Waals surface area contributed by atoms with Crippen molar-refractivity contribution < 1.29 is 9.18 Å². The van der Waals surface area contributed by atoms with Crippen LogP contribution in [0, 0.1) is 23.2 Å². The van der Waals surface area contributed by atoms with E-state index in [0.29, 0.717) is 41.4 Å². The van der Waals surface area contributed by atoms with Crippen LogP contribution in [0.5, 0.6) is 0 Å². The van der Waals surface area contributed by atoms with Crippen LogP contribution in [-0.4, -0.2) is 43.7 Å². The van der Waals surface area contributed by atoms with Crippen LogP contribution in [0.25, 0.3) is 16.9 Å². The number of rotatable bonds is 7. The highest BCUT2D eigenvalue weighted by atomic mass is 19.1. The van der Waals surface area contributed by atoms with Gasteiger partial charge >= 0.3 is 0 Å². The van der Waals surface area contributed by atoms with Crippen molar-refractivity contribution in [2.24, 2.45) is 10.9 Å². The summed E-state index contributed by atoms with van der Waals surface area (Å²) in [6.45, 7) is 4.86. The van der Waals surface area contributed by atoms with E-state index in [-0.39, 0.29) is 17.8 Å². The summed E-state index contributed by atoms with van der Waals surface area (Å²) >= 11 is 0. The third-order valence-corrected chi connectivity index (χ3v) is 7.54. The zero-order valence-electron chi connectivity index (χ0n) is 21.6. The zero-order chi connectivity index (χ0) is 25.9. The van der Waals surface area contributed by atoms with Crippen molar-refractivity contribution in [3.8, 4) is 17.5 Å². The van der Waals surface area contributed by atoms with Gasteiger partial charge in [0.15, 0.2) is 5.65 Å². The molecule has 7 nitrogen and oxygen atoms in total. The van der Waals surface area contributed by atoms with Crippen molar-refractivity contribution in [1.82, 2.24) is 19.5 Å². The predicted octanol–water partition coefficient (Wildman–Crippen LogP) is 5.77. The highest BCUT2D eigenvalue weighted by Gasteiger charge is 2.26. The van der Waals surface area contributed by atoms with E-state index < -0.39 is 0 Å². The van der Waals surface area contributed by atoms with Crippen molar-refractivity contribution >= 4 is 17.3 Å². The standard InChI is InChI=1S/C29H33FN6O/c1-3-23-16-27(29(37)35-12-6-4-5-7-19(35)2)33-28-17-26(34-36(23)28)24-11-10-21(15-25(24)30)14-22(32-18-31)13-20-8-9-20/h10-11,15-17,19-20H,3-9,12-14H2,1-2H3. The smallest absolute Gasteiger partial charge is 0.272 e. The minimum Gasteiger partial charge on any atom is -0.335 e. The first-order valence-corrected chi connectivity index (χ1v) is 13.4. The molecule has 3 aromatic rings. The van der Waals surface area contributed by atoms with E-state index in [4.69, 9.17) is 5.26 Å². The molecule has 0 radical (unpaired) electrons. The van der Waals surface area contributed by atoms with Crippen molar-refractivity contribution in [3.05, 3.63) is 53.1 Å². The molecular formula is C29H33FN6O. The van der Waals surface area contributed by atoms with Gasteiger partial charge in [-0.05, 0) is 75.1 Å². The molecule has 0 bridgehead atoms. The Hall–Kier alpha value is -3.60. The van der Waals surface area contributed by atoms with E-state index in [1.807, 2.05) is 30.1 Å². The molecule has 2 aromatic heterocycles. The van der Waals surface area contributed by atoms with Gasteiger partial charge in [-0.2, -0.15) is 15.4 Å². The Balaban J connectivity index is 1.43. The molecule has 2 aliphatic rings. The summed E-state index contributed by atoms with van der Waals surface area (Å²) in [6, 6.07) is 8.85. The number of aromatic nitrogens is 3. The number of aliphatic imine (C=N–C) groups is 1. The summed E-state index contributed by atoms with van der Waals surface area (Å²) in [7, 11) is 0. The Morgan fingerprint density at radius 3 is 2.76 bits per heavy atom. The predicted molar refractivity (Wildman–Crippen MR) is 141 cm³/mol. The highest BCUT2D eigenvalue weighted by molar-refractivity contribution is 5.93. The number of nitriles is 1. The lowest BCUT2D eigenvalue weighted by Gasteiger charge is -2.27. The summed E-state index contributed by atoms with van der Waals surface area (Å²) < 4.78 is 17.0. The van der Waals surface area contributed by atoms with Gasteiger partial charge in [-0.1, -0.05) is 25.8 Å². The summed E-state index contributed by atoms with van der Waals surface area (Å²) in [4.78, 5) is 24.0. The summed E-state index contributed by atoms with van der Waals surface area (Å²) in [5, 5.41) is 13.7. The SMILES string of the molecule is CCc1cc(C(=O)N2CCCCCC2C)nc2cc(-c3ccc(CC(CC4CC4)=NC#N)cc3F)nn12. The Morgan fingerprint density at radius 2 is 2.03 bits per heavy atom. The molecule has 1 saturated carbocycles. The fourth-order valence-electron chi connectivity index (χ4n) is 5.25. The number of hydrogen-bond acceptors (Lipinski definition) is 5. The maximum Gasteiger partial charge on any atom is 0.272 e. The second kappa shape index (κ2) is 10.8. The molecule has 8 heteroatoms. The minimum atomic E-state index is -0.378. The Bertz CT molecular complexity index is 1380. The zero-order valence-corrected chi connectivity index (χ0v) is 21.6. The van der Waals surface area contributed by atoms with Crippen molar-refractivity contribution in [2.45, 2.75) is 77.7 Å². The Labute approximate surface area is 217 Å². The Kier molecular flexibility index (Phi) is 7.31. The number of amides is 1. The van der Waals surface area contributed by atoms with Gasteiger partial charge in [0.05, 0.1) is 5.69 Å². The summed E-state index contributed by atoms with van der Waals surface area (Å²) in [5.74, 6) is 0.177. The van der Waals surface area contributed by atoms with Crippen LogP contribution >= 0.6 is 0 Å². The number of likely N-dealkylation sites (tertiary alicyclic amines) is 1. The second-order valence-corrected chi connectivity index (χ2v) is 10.4. The van der Waals surface area contributed by atoms with Gasteiger partial charge in [0, 0.05) is 42.0 Å². The van der Waals surface area contributed by atoms with Crippen LogP contribution in [0.3, 0.4) is 0 Å². The largest absolute Gasteiger partial charge is 0.335 e. The molecule has 1 aromatic carbocycles. The molecule has 0 spiro atoms. The maximum absolute atomic E-state index is 15.3. The van der Waals surface area contributed by atoms with Gasteiger partial charge in [-0.3, -0.25) is 4.79 Å². The van der Waals surface area contributed by atoms with E-state index in [2.05, 4.69) is 22.0 Å². The van der Waals surface area contributed by atoms with E-state index in [1.54, 1.807) is 16.6 Å². The maximum atomic E-state index is 15.3. The van der Waals surface area contributed by atoms with E-state index in [9.17, 15) is 4.79 Å². The molecule has 2 fully saturated rings. The molecule has 1 saturated heterocycles. The third kappa shape index (κ3) is 5.56. The normalized spacial score (nSPS) is 18.6. The molecule has 1 amide bonds. The number of carbonyl (C=O) groups is 1. The van der Waals surface area contributed by atoms with Crippen LogP contribution in [0.4, 0.5) is 4.39 Å². The van der Waals surface area contributed by atoms with Gasteiger partial charge in [-0.25, -0.2) is 13.9 Å². The quantitative estimate of drug-likeness (QED) is 0.305. The fraction of sp³-hybridized carbons (Fsp3) is 0.483. The highest BCUT2D eigenvalue weighted by Crippen LogP contribution is 2.33. The average Bonchev–Trinajstić information content (AvgIpc) is 3.64. The number of halogens is 1. The molecule has 1 aliphatic heterocycles. The van der Waals surface area contributed by atoms with Crippen LogP contribution in [0.1, 0.15) is 80.5 Å². The molecule has 0 N–H and O–H groups in total. The van der Waals surface area contributed by atoms with E-state index in [0.717, 1.165) is 55.6 Å². The van der Waals surface area contributed by atoms with Gasteiger partial charge in [0.25, 0.3) is 5.91 Å².